The van der Waals surface area contributed by atoms with E-state index in [1.54, 1.807) is 54.6 Å². The standard InChI is InChI=1S/C15H11BrO3/c16-12-8-6-11(7-9-12)14(17)13(15(18)19)10-4-2-1-3-5-10/h1-9,13H,(H,18,19). The summed E-state index contributed by atoms with van der Waals surface area (Å²) < 4.78 is 0.843. The molecule has 0 saturated heterocycles. The van der Waals surface area contributed by atoms with Crippen LogP contribution < -0.4 is 0 Å². The number of carbonyl (C=O) groups is 2. The van der Waals surface area contributed by atoms with Crippen molar-refractivity contribution in [1.82, 2.24) is 0 Å². The lowest BCUT2D eigenvalue weighted by Crippen LogP contribution is -2.21. The van der Waals surface area contributed by atoms with Crippen LogP contribution in [-0.2, 0) is 4.79 Å². The van der Waals surface area contributed by atoms with Crippen LogP contribution >= 0.6 is 15.9 Å². The molecule has 0 aliphatic heterocycles. The molecular weight excluding hydrogens is 308 g/mol. The van der Waals surface area contributed by atoms with Gasteiger partial charge < -0.3 is 5.11 Å². The Balaban J connectivity index is 2.38. The number of halogens is 1. The second kappa shape index (κ2) is 5.80. The van der Waals surface area contributed by atoms with E-state index in [-0.39, 0.29) is 0 Å². The second-order valence-corrected chi connectivity index (χ2v) is 4.97. The van der Waals surface area contributed by atoms with Crippen molar-refractivity contribution in [1.29, 1.82) is 0 Å². The average Bonchev–Trinajstić information content (AvgIpc) is 2.40. The van der Waals surface area contributed by atoms with Crippen LogP contribution in [0.4, 0.5) is 0 Å². The largest absolute Gasteiger partial charge is 0.480 e. The van der Waals surface area contributed by atoms with E-state index in [0.29, 0.717) is 11.1 Å². The van der Waals surface area contributed by atoms with Gasteiger partial charge in [0.05, 0.1) is 0 Å². The number of Topliss-reactive ketones (excluding diaryl/α,β-unsaturated/α-hetero) is 1. The van der Waals surface area contributed by atoms with E-state index < -0.39 is 17.7 Å². The number of carboxylic acids is 1. The summed E-state index contributed by atoms with van der Waals surface area (Å²) >= 11 is 3.28. The molecule has 0 fully saturated rings. The minimum atomic E-state index is -1.16. The second-order valence-electron chi connectivity index (χ2n) is 4.05. The summed E-state index contributed by atoms with van der Waals surface area (Å²) in [6.07, 6.45) is 0. The van der Waals surface area contributed by atoms with Crippen LogP contribution in [0.1, 0.15) is 21.8 Å². The molecule has 3 nitrogen and oxygen atoms in total. The molecule has 2 rings (SSSR count). The molecule has 0 spiro atoms. The van der Waals surface area contributed by atoms with Crippen molar-refractivity contribution in [2.45, 2.75) is 5.92 Å². The lowest BCUT2D eigenvalue weighted by atomic mass is 9.91. The normalized spacial score (nSPS) is 11.8. The number of carboxylic acid groups (broad SMARTS) is 1. The first kappa shape index (κ1) is 13.5. The Labute approximate surface area is 119 Å². The van der Waals surface area contributed by atoms with Gasteiger partial charge in [0.15, 0.2) is 5.78 Å². The number of benzene rings is 2. The number of aliphatic carboxylic acids is 1. The molecule has 0 amide bonds. The third-order valence-corrected chi connectivity index (χ3v) is 3.30. The molecule has 0 aliphatic rings. The fraction of sp³-hybridized carbons (Fsp3) is 0.0667. The van der Waals surface area contributed by atoms with Gasteiger partial charge in [-0.15, -0.1) is 0 Å². The van der Waals surface area contributed by atoms with Crippen molar-refractivity contribution in [2.24, 2.45) is 0 Å². The van der Waals surface area contributed by atoms with Crippen molar-refractivity contribution < 1.29 is 14.7 Å². The van der Waals surface area contributed by atoms with Gasteiger partial charge in [-0.3, -0.25) is 9.59 Å². The molecular formula is C15H11BrO3. The summed E-state index contributed by atoms with van der Waals surface area (Å²) in [5.74, 6) is -2.72. The van der Waals surface area contributed by atoms with E-state index in [2.05, 4.69) is 15.9 Å². The maximum atomic E-state index is 12.3. The first-order valence-corrected chi connectivity index (χ1v) is 6.46. The topological polar surface area (TPSA) is 54.4 Å². The Bertz CT molecular complexity index is 591. The molecule has 0 radical (unpaired) electrons. The molecule has 1 atom stereocenters. The first-order chi connectivity index (χ1) is 9.09. The summed E-state index contributed by atoms with van der Waals surface area (Å²) in [6, 6.07) is 15.2. The van der Waals surface area contributed by atoms with Crippen LogP contribution in [0.5, 0.6) is 0 Å². The molecule has 0 bridgehead atoms. The van der Waals surface area contributed by atoms with E-state index in [1.165, 1.54) is 0 Å². The minimum absolute atomic E-state index is 0.388. The summed E-state index contributed by atoms with van der Waals surface area (Å²) in [7, 11) is 0. The molecule has 0 aromatic heterocycles. The van der Waals surface area contributed by atoms with E-state index in [1.807, 2.05) is 0 Å². The first-order valence-electron chi connectivity index (χ1n) is 5.67. The van der Waals surface area contributed by atoms with E-state index in [9.17, 15) is 14.7 Å². The maximum absolute atomic E-state index is 12.3. The lowest BCUT2D eigenvalue weighted by molar-refractivity contribution is -0.137. The van der Waals surface area contributed by atoms with Crippen LogP contribution in [-0.4, -0.2) is 16.9 Å². The molecule has 0 heterocycles. The van der Waals surface area contributed by atoms with Gasteiger partial charge in [-0.2, -0.15) is 0 Å². The number of ketones is 1. The Kier molecular flexibility index (Phi) is 4.12. The molecule has 4 heteroatoms. The van der Waals surface area contributed by atoms with Gasteiger partial charge in [-0.25, -0.2) is 0 Å². The number of hydrogen-bond acceptors (Lipinski definition) is 2. The maximum Gasteiger partial charge on any atom is 0.318 e. The highest BCUT2D eigenvalue weighted by Gasteiger charge is 2.28. The van der Waals surface area contributed by atoms with Crippen LogP contribution in [0.15, 0.2) is 59.1 Å². The van der Waals surface area contributed by atoms with Crippen molar-refractivity contribution >= 4 is 27.7 Å². The highest BCUT2D eigenvalue weighted by atomic mass is 79.9. The minimum Gasteiger partial charge on any atom is -0.480 e. The summed E-state index contributed by atoms with van der Waals surface area (Å²) in [4.78, 5) is 23.7. The third-order valence-electron chi connectivity index (χ3n) is 2.77. The molecule has 2 aromatic rings. The zero-order valence-corrected chi connectivity index (χ0v) is 11.5. The average molecular weight is 319 g/mol. The molecule has 2 aromatic carbocycles. The predicted molar refractivity (Wildman–Crippen MR) is 75.3 cm³/mol. The molecule has 96 valence electrons. The van der Waals surface area contributed by atoms with Crippen molar-refractivity contribution in [3.63, 3.8) is 0 Å². The summed E-state index contributed by atoms with van der Waals surface area (Å²) in [5.41, 5.74) is 0.877. The Morgan fingerprint density at radius 1 is 0.947 bits per heavy atom. The monoisotopic (exact) mass is 318 g/mol. The molecule has 19 heavy (non-hydrogen) atoms. The van der Waals surface area contributed by atoms with Crippen molar-refractivity contribution in [2.75, 3.05) is 0 Å². The highest BCUT2D eigenvalue weighted by Crippen LogP contribution is 2.22. The van der Waals surface area contributed by atoms with Gasteiger partial charge in [0.25, 0.3) is 0 Å². The van der Waals surface area contributed by atoms with Crippen molar-refractivity contribution in [3.05, 3.63) is 70.2 Å². The van der Waals surface area contributed by atoms with Gasteiger partial charge in [0, 0.05) is 10.0 Å². The van der Waals surface area contributed by atoms with Gasteiger partial charge >= 0.3 is 5.97 Å². The Morgan fingerprint density at radius 3 is 2.05 bits per heavy atom. The predicted octanol–water partition coefficient (Wildman–Crippen LogP) is 3.50. The third kappa shape index (κ3) is 3.09. The zero-order chi connectivity index (χ0) is 13.8. The number of carbonyl (C=O) groups excluding carboxylic acids is 1. The lowest BCUT2D eigenvalue weighted by Gasteiger charge is -2.11. The highest BCUT2D eigenvalue weighted by molar-refractivity contribution is 9.10. The summed E-state index contributed by atoms with van der Waals surface area (Å²) in [5, 5.41) is 9.28. The van der Waals surface area contributed by atoms with Gasteiger partial charge in [-0.05, 0) is 17.7 Å². The molecule has 1 N–H and O–H groups in total. The van der Waals surface area contributed by atoms with Crippen LogP contribution in [0.2, 0.25) is 0 Å². The smallest absolute Gasteiger partial charge is 0.318 e. The van der Waals surface area contributed by atoms with E-state index >= 15 is 0 Å². The van der Waals surface area contributed by atoms with Gasteiger partial charge in [0.1, 0.15) is 5.92 Å². The van der Waals surface area contributed by atoms with Gasteiger partial charge in [0.2, 0.25) is 0 Å². The van der Waals surface area contributed by atoms with Crippen LogP contribution in [0, 0.1) is 0 Å². The number of rotatable bonds is 4. The fourth-order valence-corrected chi connectivity index (χ4v) is 2.10. The van der Waals surface area contributed by atoms with Gasteiger partial charge in [-0.1, -0.05) is 58.4 Å². The Hall–Kier alpha value is -1.94. The molecule has 0 saturated carbocycles. The molecule has 1 unspecified atom stereocenters. The van der Waals surface area contributed by atoms with Crippen molar-refractivity contribution in [3.8, 4) is 0 Å². The summed E-state index contributed by atoms with van der Waals surface area (Å²) in [6.45, 7) is 0. The van der Waals surface area contributed by atoms with Crippen LogP contribution in [0.3, 0.4) is 0 Å². The van der Waals surface area contributed by atoms with E-state index in [0.717, 1.165) is 4.47 Å². The van der Waals surface area contributed by atoms with E-state index in [4.69, 9.17) is 0 Å². The molecule has 0 aliphatic carbocycles. The fourth-order valence-electron chi connectivity index (χ4n) is 1.83. The quantitative estimate of drug-likeness (QED) is 0.693. The zero-order valence-electron chi connectivity index (χ0n) is 9.92. The SMILES string of the molecule is O=C(O)C(C(=O)c1ccc(Br)cc1)c1ccccc1. The van der Waals surface area contributed by atoms with Crippen LogP contribution in [0.25, 0.3) is 0 Å². The number of hydrogen-bond donors (Lipinski definition) is 1. The Morgan fingerprint density at radius 2 is 1.53 bits per heavy atom.